The Morgan fingerprint density at radius 2 is 1.49 bits per heavy atom. The minimum absolute atomic E-state index is 0.0533. The summed E-state index contributed by atoms with van der Waals surface area (Å²) in [6.07, 6.45) is 4.86. The van der Waals surface area contributed by atoms with Crippen molar-refractivity contribution in [1.82, 2.24) is 0 Å². The molecule has 0 saturated carbocycles. The molecule has 0 fully saturated rings. The number of anilines is 1. The van der Waals surface area contributed by atoms with Crippen molar-refractivity contribution >= 4 is 27.9 Å². The summed E-state index contributed by atoms with van der Waals surface area (Å²) in [4.78, 5) is 0. The van der Waals surface area contributed by atoms with Gasteiger partial charge in [0.05, 0.1) is 24.3 Å². The SMILES string of the molecule is C=CC[C@@H](O[Si](C)(C)C(C)(C)C)c1c(-c2c(OC)cccc2O[Si](C)(C)C(C)(C)C)ccc2c1C(C)=CC(C)(C)N2. The number of nitrogens with one attached hydrogen (secondary N) is 1. The molecule has 4 nitrogen and oxygen atoms in total. The van der Waals surface area contributed by atoms with E-state index in [0.717, 1.165) is 28.3 Å². The van der Waals surface area contributed by atoms with Gasteiger partial charge in [0, 0.05) is 11.3 Å². The standard InChI is InChI=1S/C35H55NO3Si2/c1-16-18-28(38-40(12,13)33(3,4)5)32-25(21-22-26-30(32)24(2)23-35(9,10)36-26)31-27(37-11)19-17-20-29(31)39-41(14,15)34(6,7)8/h16-17,19-23,28,36H,1,18H2,2-15H3/t28-/m1/s1. The van der Waals surface area contributed by atoms with Crippen LogP contribution in [-0.2, 0) is 4.43 Å². The Morgan fingerprint density at radius 3 is 2.02 bits per heavy atom. The average Bonchev–Trinajstić information content (AvgIpc) is 2.80. The Hall–Kier alpha value is -2.29. The second-order valence-corrected chi connectivity index (χ2v) is 24.7. The van der Waals surface area contributed by atoms with Gasteiger partial charge in [-0.05, 0) is 98.4 Å². The molecule has 0 saturated heterocycles. The van der Waals surface area contributed by atoms with Gasteiger partial charge in [-0.25, -0.2) is 0 Å². The van der Waals surface area contributed by atoms with Crippen LogP contribution >= 0.6 is 0 Å². The first-order valence-corrected chi connectivity index (χ1v) is 20.8. The summed E-state index contributed by atoms with van der Waals surface area (Å²) in [6, 6.07) is 10.6. The number of methoxy groups -OCH3 is 1. The van der Waals surface area contributed by atoms with Gasteiger partial charge in [-0.15, -0.1) is 6.58 Å². The van der Waals surface area contributed by atoms with E-state index in [1.807, 2.05) is 18.2 Å². The molecule has 41 heavy (non-hydrogen) atoms. The minimum Gasteiger partial charge on any atom is -0.543 e. The van der Waals surface area contributed by atoms with E-state index < -0.39 is 16.6 Å². The van der Waals surface area contributed by atoms with Crippen LogP contribution in [0.15, 0.2) is 49.1 Å². The van der Waals surface area contributed by atoms with Crippen LogP contribution in [0.25, 0.3) is 16.7 Å². The molecule has 1 aliphatic heterocycles. The van der Waals surface area contributed by atoms with E-state index in [0.29, 0.717) is 6.42 Å². The Labute approximate surface area is 252 Å². The van der Waals surface area contributed by atoms with E-state index in [4.69, 9.17) is 13.6 Å². The predicted octanol–water partition coefficient (Wildman–Crippen LogP) is 11.0. The lowest BCUT2D eigenvalue weighted by atomic mass is 9.82. The molecule has 0 aliphatic carbocycles. The first-order valence-electron chi connectivity index (χ1n) is 15.0. The van der Waals surface area contributed by atoms with E-state index in [9.17, 15) is 0 Å². The summed E-state index contributed by atoms with van der Waals surface area (Å²) in [7, 11) is -2.55. The van der Waals surface area contributed by atoms with Gasteiger partial charge >= 0.3 is 0 Å². The molecule has 0 aromatic heterocycles. The van der Waals surface area contributed by atoms with Crippen LogP contribution < -0.4 is 14.5 Å². The Balaban J connectivity index is 2.44. The van der Waals surface area contributed by atoms with Gasteiger partial charge in [-0.3, -0.25) is 0 Å². The summed E-state index contributed by atoms with van der Waals surface area (Å²) in [5.41, 5.74) is 6.69. The minimum atomic E-state index is -2.15. The molecule has 2 aromatic carbocycles. The zero-order valence-corrected chi connectivity index (χ0v) is 30.3. The molecule has 1 aliphatic rings. The van der Waals surface area contributed by atoms with Crippen LogP contribution in [0.3, 0.4) is 0 Å². The summed E-state index contributed by atoms with van der Waals surface area (Å²) < 4.78 is 20.3. The molecule has 0 unspecified atom stereocenters. The number of allylic oxidation sites excluding steroid dienone is 1. The summed E-state index contributed by atoms with van der Waals surface area (Å²) in [5.74, 6) is 1.67. The zero-order valence-electron chi connectivity index (χ0n) is 28.3. The quantitative estimate of drug-likeness (QED) is 0.232. The second kappa shape index (κ2) is 11.4. The molecule has 0 radical (unpaired) electrons. The van der Waals surface area contributed by atoms with Gasteiger partial charge in [0.1, 0.15) is 11.5 Å². The van der Waals surface area contributed by atoms with E-state index >= 15 is 0 Å². The Kier molecular flexibility index (Phi) is 9.25. The van der Waals surface area contributed by atoms with Crippen LogP contribution in [0.5, 0.6) is 11.5 Å². The molecule has 6 heteroatoms. The number of rotatable bonds is 9. The number of fused-ring (bicyclic) bond motifs is 1. The third kappa shape index (κ3) is 6.86. The number of hydrogen-bond acceptors (Lipinski definition) is 4. The monoisotopic (exact) mass is 593 g/mol. The lowest BCUT2D eigenvalue weighted by Crippen LogP contribution is -2.44. The van der Waals surface area contributed by atoms with Crippen molar-refractivity contribution in [3.8, 4) is 22.6 Å². The van der Waals surface area contributed by atoms with Crippen LogP contribution in [0.4, 0.5) is 5.69 Å². The summed E-state index contributed by atoms with van der Waals surface area (Å²) >= 11 is 0. The van der Waals surface area contributed by atoms with Gasteiger partial charge < -0.3 is 18.9 Å². The maximum Gasteiger partial charge on any atom is 0.250 e. The molecular weight excluding hydrogens is 539 g/mol. The molecular formula is C35H55NO3Si2. The van der Waals surface area contributed by atoms with Crippen molar-refractivity contribution in [2.24, 2.45) is 0 Å². The molecule has 3 rings (SSSR count). The van der Waals surface area contributed by atoms with Gasteiger partial charge in [0.2, 0.25) is 0 Å². The highest BCUT2D eigenvalue weighted by atomic mass is 28.4. The van der Waals surface area contributed by atoms with Gasteiger partial charge in [0.25, 0.3) is 8.32 Å². The molecule has 1 atom stereocenters. The second-order valence-electron chi connectivity index (χ2n) is 15.2. The Morgan fingerprint density at radius 1 is 0.902 bits per heavy atom. The molecule has 0 spiro atoms. The van der Waals surface area contributed by atoms with Crippen molar-refractivity contribution in [2.75, 3.05) is 12.4 Å². The summed E-state index contributed by atoms with van der Waals surface area (Å²) in [5, 5.41) is 3.89. The molecule has 0 bridgehead atoms. The van der Waals surface area contributed by atoms with Crippen LogP contribution in [0.1, 0.15) is 86.0 Å². The van der Waals surface area contributed by atoms with Crippen LogP contribution in [0.2, 0.25) is 36.3 Å². The molecule has 1 N–H and O–H groups in total. The van der Waals surface area contributed by atoms with Crippen LogP contribution in [0, 0.1) is 0 Å². The molecule has 226 valence electrons. The first-order chi connectivity index (χ1) is 18.7. The fraction of sp³-hybridized carbons (Fsp3) is 0.543. The lowest BCUT2D eigenvalue weighted by molar-refractivity contribution is 0.187. The van der Waals surface area contributed by atoms with Crippen molar-refractivity contribution < 1.29 is 13.6 Å². The van der Waals surface area contributed by atoms with E-state index in [-0.39, 0.29) is 21.7 Å². The molecule has 1 heterocycles. The highest BCUT2D eigenvalue weighted by Crippen LogP contribution is 2.51. The lowest BCUT2D eigenvalue weighted by Gasteiger charge is -2.41. The van der Waals surface area contributed by atoms with E-state index in [2.05, 4.69) is 125 Å². The highest BCUT2D eigenvalue weighted by molar-refractivity contribution is 6.75. The van der Waals surface area contributed by atoms with Crippen molar-refractivity contribution in [3.05, 3.63) is 60.2 Å². The van der Waals surface area contributed by atoms with E-state index in [1.165, 1.54) is 16.7 Å². The largest absolute Gasteiger partial charge is 0.543 e. The maximum absolute atomic E-state index is 7.27. The summed E-state index contributed by atoms with van der Waals surface area (Å²) in [6.45, 7) is 33.8. The highest BCUT2D eigenvalue weighted by Gasteiger charge is 2.42. The van der Waals surface area contributed by atoms with E-state index in [1.54, 1.807) is 7.11 Å². The fourth-order valence-electron chi connectivity index (χ4n) is 5.07. The van der Waals surface area contributed by atoms with Gasteiger partial charge in [0.15, 0.2) is 8.32 Å². The van der Waals surface area contributed by atoms with Crippen molar-refractivity contribution in [1.29, 1.82) is 0 Å². The zero-order chi connectivity index (χ0) is 31.2. The fourth-order valence-corrected chi connectivity index (χ4v) is 7.37. The predicted molar refractivity (Wildman–Crippen MR) is 183 cm³/mol. The van der Waals surface area contributed by atoms with Crippen LogP contribution in [-0.4, -0.2) is 29.3 Å². The smallest absolute Gasteiger partial charge is 0.250 e. The third-order valence-corrected chi connectivity index (χ3v) is 18.1. The van der Waals surface area contributed by atoms with Gasteiger partial charge in [-0.1, -0.05) is 65.8 Å². The van der Waals surface area contributed by atoms with Crippen molar-refractivity contribution in [3.63, 3.8) is 0 Å². The Bertz CT molecular complexity index is 1310. The molecule has 2 aromatic rings. The number of benzene rings is 2. The third-order valence-electron chi connectivity index (χ3n) is 9.27. The number of ether oxygens (including phenoxy) is 1. The maximum atomic E-state index is 7.27. The topological polar surface area (TPSA) is 39.7 Å². The normalized spacial score (nSPS) is 16.3. The average molecular weight is 594 g/mol. The van der Waals surface area contributed by atoms with Crippen molar-refractivity contribution in [2.45, 2.75) is 117 Å². The van der Waals surface area contributed by atoms with Gasteiger partial charge in [-0.2, -0.15) is 0 Å². The molecule has 0 amide bonds. The first kappa shape index (κ1) is 33.2. The number of hydrogen-bond donors (Lipinski definition) is 1.